The van der Waals surface area contributed by atoms with Gasteiger partial charge in [-0.3, -0.25) is 4.90 Å². The number of halogens is 3. The number of nitrogens with zero attached hydrogens (tertiary/aromatic N) is 2. The van der Waals surface area contributed by atoms with Crippen molar-refractivity contribution in [1.29, 1.82) is 0 Å². The van der Waals surface area contributed by atoms with Gasteiger partial charge in [-0.2, -0.15) is 0 Å². The predicted octanol–water partition coefficient (Wildman–Crippen LogP) is 6.05. The summed E-state index contributed by atoms with van der Waals surface area (Å²) in [6, 6.07) is 17.2. The van der Waals surface area contributed by atoms with Crippen molar-refractivity contribution in [2.45, 2.75) is 35.1 Å². The van der Waals surface area contributed by atoms with Gasteiger partial charge in [0, 0.05) is 23.7 Å². The molecule has 7 heteroatoms. The van der Waals surface area contributed by atoms with Crippen LogP contribution in [0.2, 0.25) is 0 Å². The number of fused-ring (bicyclic) bond motifs is 1. The zero-order chi connectivity index (χ0) is 23.2. The first-order valence-corrected chi connectivity index (χ1v) is 11.8. The molecule has 1 unspecified atom stereocenters. The van der Waals surface area contributed by atoms with Crippen LogP contribution in [0, 0.1) is 17.5 Å². The van der Waals surface area contributed by atoms with Crippen molar-refractivity contribution in [3.8, 4) is 0 Å². The highest BCUT2D eigenvalue weighted by molar-refractivity contribution is 8.00. The van der Waals surface area contributed by atoms with Gasteiger partial charge in [0.2, 0.25) is 0 Å². The second-order valence-corrected chi connectivity index (χ2v) is 10.5. The topological polar surface area (TPSA) is 26.7 Å². The lowest BCUT2D eigenvalue weighted by Crippen LogP contribution is -2.56. The Morgan fingerprint density at radius 1 is 0.818 bits per heavy atom. The van der Waals surface area contributed by atoms with Crippen molar-refractivity contribution >= 4 is 23.1 Å². The average molecular weight is 471 g/mol. The molecule has 1 saturated heterocycles. The number of hydrogen-bond donors (Lipinski definition) is 1. The van der Waals surface area contributed by atoms with Crippen LogP contribution in [-0.4, -0.2) is 34.5 Å². The number of rotatable bonds is 3. The van der Waals surface area contributed by atoms with Gasteiger partial charge in [0.05, 0.1) is 22.7 Å². The number of hydrogen-bond acceptors (Lipinski definition) is 4. The van der Waals surface area contributed by atoms with E-state index in [1.807, 2.05) is 0 Å². The van der Waals surface area contributed by atoms with Gasteiger partial charge in [-0.05, 0) is 79.9 Å². The minimum absolute atomic E-state index is 0.297. The van der Waals surface area contributed by atoms with Crippen LogP contribution in [0.5, 0.6) is 0 Å². The fraction of sp³-hybridized carbons (Fsp3) is 0.308. The number of thioether (sulfide) groups is 1. The molecule has 2 aliphatic heterocycles. The van der Waals surface area contributed by atoms with Gasteiger partial charge in [0.1, 0.15) is 17.5 Å². The molecule has 0 amide bonds. The summed E-state index contributed by atoms with van der Waals surface area (Å²) in [6.07, 6.45) is 1.03. The number of anilines is 2. The van der Waals surface area contributed by atoms with Crippen LogP contribution in [0.4, 0.5) is 24.5 Å². The zero-order valence-electron chi connectivity index (χ0n) is 18.3. The van der Waals surface area contributed by atoms with E-state index in [-0.39, 0.29) is 22.3 Å². The monoisotopic (exact) mass is 470 g/mol. The van der Waals surface area contributed by atoms with Crippen LogP contribution in [0.3, 0.4) is 0 Å². The van der Waals surface area contributed by atoms with E-state index in [0.717, 1.165) is 21.8 Å². The second kappa shape index (κ2) is 8.38. The van der Waals surface area contributed by atoms with Crippen LogP contribution in [0.1, 0.15) is 25.3 Å². The lowest BCUT2D eigenvalue weighted by Gasteiger charge is -2.51. The molecule has 0 saturated carbocycles. The molecule has 5 rings (SSSR count). The molecule has 1 atom stereocenters. The lowest BCUT2D eigenvalue weighted by atomic mass is 9.84. The number of aliphatic hydroxyl groups is 1. The fourth-order valence-corrected chi connectivity index (χ4v) is 6.29. The fourth-order valence-electron chi connectivity index (χ4n) is 4.85. The summed E-state index contributed by atoms with van der Waals surface area (Å²) in [7, 11) is 0. The Hall–Kier alpha value is -2.48. The lowest BCUT2D eigenvalue weighted by molar-refractivity contribution is -0.0373. The van der Waals surface area contributed by atoms with E-state index in [2.05, 4.69) is 16.7 Å². The molecule has 1 fully saturated rings. The molecule has 2 aliphatic rings. The van der Waals surface area contributed by atoms with Crippen LogP contribution >= 0.6 is 11.8 Å². The molecule has 172 valence electrons. The van der Waals surface area contributed by atoms with E-state index in [9.17, 15) is 18.3 Å². The molecular weight excluding hydrogens is 445 g/mol. The summed E-state index contributed by atoms with van der Waals surface area (Å²) in [5.74, 6) is -0.921. The Labute approximate surface area is 195 Å². The Morgan fingerprint density at radius 2 is 1.39 bits per heavy atom. The summed E-state index contributed by atoms with van der Waals surface area (Å²) in [5.41, 5.74) is 1.46. The molecule has 3 nitrogen and oxygen atoms in total. The first-order valence-electron chi connectivity index (χ1n) is 11.0. The maximum atomic E-state index is 14.1. The molecule has 1 N–H and O–H groups in total. The summed E-state index contributed by atoms with van der Waals surface area (Å²) >= 11 is 1.62. The van der Waals surface area contributed by atoms with Gasteiger partial charge < -0.3 is 10.0 Å². The molecule has 0 radical (unpaired) electrons. The second-order valence-electron chi connectivity index (χ2n) is 8.98. The van der Waals surface area contributed by atoms with E-state index in [1.54, 1.807) is 48.2 Å². The molecular formula is C26H25F3N2OS. The van der Waals surface area contributed by atoms with Crippen LogP contribution in [-0.2, 0) is 5.60 Å². The highest BCUT2D eigenvalue weighted by Gasteiger charge is 2.44. The van der Waals surface area contributed by atoms with Crippen LogP contribution in [0.15, 0.2) is 71.6 Å². The molecule has 3 aromatic rings. The normalized spacial score (nSPS) is 22.8. The van der Waals surface area contributed by atoms with Gasteiger partial charge in [0.15, 0.2) is 0 Å². The SMILES string of the molecule is CC1(N2CCC(O)(c3ccc(F)cc3)CC2)CN(c2ccc(F)cc2)c2ccc(F)cc2S1. The van der Waals surface area contributed by atoms with Gasteiger partial charge in [-0.15, -0.1) is 0 Å². The molecule has 0 aliphatic carbocycles. The summed E-state index contributed by atoms with van der Waals surface area (Å²) in [5, 5.41) is 11.2. The highest BCUT2D eigenvalue weighted by Crippen LogP contribution is 2.50. The number of likely N-dealkylation sites (tertiary alicyclic amines) is 1. The van der Waals surface area contributed by atoms with E-state index in [0.29, 0.717) is 32.5 Å². The number of benzene rings is 3. The molecule has 0 aromatic heterocycles. The van der Waals surface area contributed by atoms with E-state index in [4.69, 9.17) is 0 Å². The first-order chi connectivity index (χ1) is 15.8. The third-order valence-electron chi connectivity index (χ3n) is 6.77. The third kappa shape index (κ3) is 4.25. The van der Waals surface area contributed by atoms with Gasteiger partial charge in [-0.25, -0.2) is 13.2 Å². The minimum Gasteiger partial charge on any atom is -0.385 e. The Kier molecular flexibility index (Phi) is 5.67. The third-order valence-corrected chi connectivity index (χ3v) is 8.15. The molecule has 2 heterocycles. The smallest absolute Gasteiger partial charge is 0.124 e. The van der Waals surface area contributed by atoms with E-state index in [1.165, 1.54) is 30.3 Å². The van der Waals surface area contributed by atoms with Crippen molar-refractivity contribution in [1.82, 2.24) is 4.90 Å². The van der Waals surface area contributed by atoms with Gasteiger partial charge >= 0.3 is 0 Å². The standard InChI is InChI=1S/C26H25F3N2OS/c1-25(30-14-12-26(32,13-15-30)18-2-4-19(27)5-3-18)17-31(22-9-6-20(28)7-10-22)23-11-8-21(29)16-24(23)33-25/h2-11,16,32H,12-15,17H2,1H3. The molecule has 3 aromatic carbocycles. The maximum absolute atomic E-state index is 14.1. The number of piperidine rings is 1. The summed E-state index contributed by atoms with van der Waals surface area (Å²) < 4.78 is 41.0. The molecule has 0 bridgehead atoms. The van der Waals surface area contributed by atoms with Gasteiger partial charge in [-0.1, -0.05) is 23.9 Å². The van der Waals surface area contributed by atoms with Crippen molar-refractivity contribution < 1.29 is 18.3 Å². The first kappa shape index (κ1) is 22.3. The average Bonchev–Trinajstić information content (AvgIpc) is 2.79. The quantitative estimate of drug-likeness (QED) is 0.504. The minimum atomic E-state index is -0.999. The summed E-state index contributed by atoms with van der Waals surface area (Å²) in [6.45, 7) is 4.03. The van der Waals surface area contributed by atoms with Crippen molar-refractivity contribution in [2.75, 3.05) is 24.5 Å². The zero-order valence-corrected chi connectivity index (χ0v) is 19.1. The van der Waals surface area contributed by atoms with Crippen LogP contribution < -0.4 is 4.90 Å². The van der Waals surface area contributed by atoms with Gasteiger partial charge in [0.25, 0.3) is 0 Å². The Morgan fingerprint density at radius 3 is 2.03 bits per heavy atom. The Balaban J connectivity index is 1.42. The molecule has 33 heavy (non-hydrogen) atoms. The highest BCUT2D eigenvalue weighted by atomic mass is 32.2. The van der Waals surface area contributed by atoms with E-state index >= 15 is 0 Å². The van der Waals surface area contributed by atoms with E-state index < -0.39 is 5.60 Å². The van der Waals surface area contributed by atoms with Crippen LogP contribution in [0.25, 0.3) is 0 Å². The maximum Gasteiger partial charge on any atom is 0.124 e. The summed E-state index contributed by atoms with van der Waals surface area (Å²) in [4.78, 5) is 4.86. The van der Waals surface area contributed by atoms with Crippen molar-refractivity contribution in [3.63, 3.8) is 0 Å². The van der Waals surface area contributed by atoms with Crippen molar-refractivity contribution in [3.05, 3.63) is 89.7 Å². The predicted molar refractivity (Wildman–Crippen MR) is 125 cm³/mol. The van der Waals surface area contributed by atoms with Crippen molar-refractivity contribution in [2.24, 2.45) is 0 Å². The Bertz CT molecular complexity index is 1150. The largest absolute Gasteiger partial charge is 0.385 e. The molecule has 0 spiro atoms.